The topological polar surface area (TPSA) is 141 Å². The molecule has 3 heterocycles. The number of nitrogens with zero attached hydrogens (tertiary/aromatic N) is 3. The Morgan fingerprint density at radius 1 is 1.06 bits per heavy atom. The molecule has 2 aromatic heterocycles. The van der Waals surface area contributed by atoms with Crippen LogP contribution < -0.4 is 10.9 Å². The number of carbonyl (C=O) groups excluding carboxylic acids is 4. The molecule has 0 atom stereocenters. The lowest BCUT2D eigenvalue weighted by atomic mass is 10.1. The van der Waals surface area contributed by atoms with E-state index >= 15 is 0 Å². The summed E-state index contributed by atoms with van der Waals surface area (Å²) in [6.45, 7) is -1.08. The molecule has 2 aromatic carbocycles. The Balaban J connectivity index is 1.23. The van der Waals surface area contributed by atoms with E-state index in [9.17, 15) is 24.0 Å². The second-order valence-corrected chi connectivity index (χ2v) is 7.59. The first-order valence-corrected chi connectivity index (χ1v) is 10.1. The van der Waals surface area contributed by atoms with E-state index in [2.05, 4.69) is 10.3 Å². The highest BCUT2D eigenvalue weighted by atomic mass is 16.5. The number of carbonyl (C=O) groups is 4. The van der Waals surface area contributed by atoms with E-state index < -0.39 is 42.4 Å². The molecule has 3 amide bonds. The molecule has 11 nitrogen and oxygen atoms in total. The van der Waals surface area contributed by atoms with Crippen LogP contribution in [0.4, 0.5) is 5.69 Å². The Morgan fingerprint density at radius 3 is 2.65 bits per heavy atom. The zero-order valence-corrected chi connectivity index (χ0v) is 17.7. The highest BCUT2D eigenvalue weighted by molar-refractivity contribution is 6.21. The fraction of sp³-hybridized carbons (Fsp3) is 0.130. The summed E-state index contributed by atoms with van der Waals surface area (Å²) in [4.78, 5) is 66.2. The van der Waals surface area contributed by atoms with Gasteiger partial charge in [-0.05, 0) is 30.3 Å². The minimum atomic E-state index is -0.828. The van der Waals surface area contributed by atoms with Gasteiger partial charge in [0, 0.05) is 18.1 Å². The lowest BCUT2D eigenvalue weighted by Gasteiger charge is -2.08. The molecule has 1 aliphatic heterocycles. The van der Waals surface area contributed by atoms with Crippen molar-refractivity contribution >= 4 is 51.4 Å². The number of anilines is 1. The van der Waals surface area contributed by atoms with Crippen LogP contribution in [0.15, 0.2) is 58.0 Å². The summed E-state index contributed by atoms with van der Waals surface area (Å²) in [7, 11) is 1.37. The largest absolute Gasteiger partial charge is 0.454 e. The number of ether oxygens (including phenoxy) is 1. The maximum absolute atomic E-state index is 12.7. The number of benzene rings is 2. The van der Waals surface area contributed by atoms with Gasteiger partial charge >= 0.3 is 5.97 Å². The molecule has 0 aliphatic carbocycles. The van der Waals surface area contributed by atoms with Crippen molar-refractivity contribution in [2.75, 3.05) is 19.0 Å². The van der Waals surface area contributed by atoms with Crippen LogP contribution in [0, 0.1) is 0 Å². The van der Waals surface area contributed by atoms with Crippen LogP contribution in [0.3, 0.4) is 0 Å². The van der Waals surface area contributed by atoms with Crippen molar-refractivity contribution in [1.29, 1.82) is 0 Å². The van der Waals surface area contributed by atoms with Gasteiger partial charge in [-0.1, -0.05) is 12.1 Å². The van der Waals surface area contributed by atoms with E-state index in [0.29, 0.717) is 16.5 Å². The molecule has 5 rings (SSSR count). The normalized spacial score (nSPS) is 12.9. The number of esters is 1. The fourth-order valence-electron chi connectivity index (χ4n) is 3.69. The number of hydrogen-bond acceptors (Lipinski definition) is 8. The summed E-state index contributed by atoms with van der Waals surface area (Å²) in [5.74, 6) is -2.37. The zero-order chi connectivity index (χ0) is 24.0. The van der Waals surface area contributed by atoms with E-state index in [0.717, 1.165) is 9.47 Å². The van der Waals surface area contributed by atoms with Crippen molar-refractivity contribution in [2.45, 2.75) is 6.54 Å². The first-order valence-electron chi connectivity index (χ1n) is 10.1. The molecule has 34 heavy (non-hydrogen) atoms. The van der Waals surface area contributed by atoms with Crippen molar-refractivity contribution in [1.82, 2.24) is 14.5 Å². The average molecular weight is 460 g/mol. The van der Waals surface area contributed by atoms with Gasteiger partial charge in [-0.3, -0.25) is 33.4 Å². The summed E-state index contributed by atoms with van der Waals surface area (Å²) < 4.78 is 11.6. The van der Waals surface area contributed by atoms with Crippen LogP contribution in [0.1, 0.15) is 20.7 Å². The fourth-order valence-corrected chi connectivity index (χ4v) is 3.69. The van der Waals surface area contributed by atoms with Gasteiger partial charge in [0.05, 0.1) is 17.5 Å². The molecule has 0 saturated carbocycles. The number of hydrogen-bond donors (Lipinski definition) is 1. The summed E-state index contributed by atoms with van der Waals surface area (Å²) in [6, 6.07) is 11.3. The number of para-hydroxylation sites is 1. The van der Waals surface area contributed by atoms with Crippen LogP contribution in [-0.4, -0.2) is 51.8 Å². The monoisotopic (exact) mass is 460 g/mol. The molecule has 0 saturated heterocycles. The SMILES string of the molecule is CN1C(=O)c2ccc(NC(=O)COC(=O)Cn3cnc4c(oc5ccccc54)c3=O)cc2C1=O. The van der Waals surface area contributed by atoms with E-state index in [-0.39, 0.29) is 22.4 Å². The molecule has 4 aromatic rings. The lowest BCUT2D eigenvalue weighted by molar-refractivity contribution is -0.147. The van der Waals surface area contributed by atoms with Gasteiger partial charge in [-0.2, -0.15) is 0 Å². The van der Waals surface area contributed by atoms with E-state index in [1.807, 2.05) is 0 Å². The highest BCUT2D eigenvalue weighted by Gasteiger charge is 2.32. The summed E-state index contributed by atoms with van der Waals surface area (Å²) in [5, 5.41) is 3.18. The van der Waals surface area contributed by atoms with Crippen molar-refractivity contribution in [2.24, 2.45) is 0 Å². The Bertz CT molecular complexity index is 1580. The average Bonchev–Trinajstić information content (AvgIpc) is 3.31. The third kappa shape index (κ3) is 3.48. The third-order valence-corrected chi connectivity index (χ3v) is 5.39. The summed E-state index contributed by atoms with van der Waals surface area (Å²) >= 11 is 0. The molecule has 0 spiro atoms. The van der Waals surface area contributed by atoms with Crippen molar-refractivity contribution in [3.63, 3.8) is 0 Å². The molecule has 1 N–H and O–H groups in total. The maximum atomic E-state index is 12.7. The molecule has 11 heteroatoms. The molecule has 1 aliphatic rings. The second-order valence-electron chi connectivity index (χ2n) is 7.59. The number of fused-ring (bicyclic) bond motifs is 4. The van der Waals surface area contributed by atoms with Gasteiger partial charge < -0.3 is 14.5 Å². The van der Waals surface area contributed by atoms with Gasteiger partial charge in [0.1, 0.15) is 17.6 Å². The maximum Gasteiger partial charge on any atom is 0.326 e. The molecular formula is C23H16N4O7. The Labute approximate surface area is 190 Å². The number of amides is 3. The van der Waals surface area contributed by atoms with Crippen molar-refractivity contribution in [3.8, 4) is 0 Å². The predicted octanol–water partition coefficient (Wildman–Crippen LogP) is 1.55. The van der Waals surface area contributed by atoms with Gasteiger partial charge in [0.15, 0.2) is 6.61 Å². The first-order chi connectivity index (χ1) is 16.3. The number of aromatic nitrogens is 2. The summed E-state index contributed by atoms with van der Waals surface area (Å²) in [6.07, 6.45) is 1.22. The Morgan fingerprint density at radius 2 is 1.82 bits per heavy atom. The molecular weight excluding hydrogens is 444 g/mol. The number of nitrogens with one attached hydrogen (secondary N) is 1. The lowest BCUT2D eigenvalue weighted by Crippen LogP contribution is -2.27. The number of imide groups is 1. The third-order valence-electron chi connectivity index (χ3n) is 5.39. The second kappa shape index (κ2) is 7.96. The molecule has 0 fully saturated rings. The van der Waals surface area contributed by atoms with Gasteiger partial charge in [-0.15, -0.1) is 0 Å². The standard InChI is InChI=1S/C23H16N4O7/c1-26-21(30)13-7-6-12(8-15(13)22(26)31)25-17(28)10-33-18(29)9-27-11-24-19-14-4-2-3-5-16(14)34-20(19)23(27)32/h2-8,11H,9-10H2,1H3,(H,25,28). The Hall–Kier alpha value is -4.80. The van der Waals surface area contributed by atoms with E-state index in [4.69, 9.17) is 9.15 Å². The summed E-state index contributed by atoms with van der Waals surface area (Å²) in [5.41, 5.74) is 1.06. The van der Waals surface area contributed by atoms with Crippen LogP contribution in [0.5, 0.6) is 0 Å². The highest BCUT2D eigenvalue weighted by Crippen LogP contribution is 2.25. The van der Waals surface area contributed by atoms with Crippen molar-refractivity contribution < 1.29 is 28.3 Å². The van der Waals surface area contributed by atoms with Gasteiger partial charge in [0.2, 0.25) is 5.58 Å². The number of rotatable bonds is 5. The van der Waals surface area contributed by atoms with Crippen LogP contribution in [0.2, 0.25) is 0 Å². The molecule has 0 bridgehead atoms. The van der Waals surface area contributed by atoms with Crippen LogP contribution in [0.25, 0.3) is 22.1 Å². The molecule has 0 radical (unpaired) electrons. The van der Waals surface area contributed by atoms with Gasteiger partial charge in [0.25, 0.3) is 23.3 Å². The van der Waals surface area contributed by atoms with E-state index in [1.165, 1.54) is 31.6 Å². The molecule has 0 unspecified atom stereocenters. The van der Waals surface area contributed by atoms with Crippen LogP contribution in [-0.2, 0) is 20.9 Å². The number of furan rings is 1. The van der Waals surface area contributed by atoms with Crippen LogP contribution >= 0.6 is 0 Å². The van der Waals surface area contributed by atoms with Crippen molar-refractivity contribution in [3.05, 3.63) is 70.3 Å². The molecule has 170 valence electrons. The van der Waals surface area contributed by atoms with E-state index in [1.54, 1.807) is 24.3 Å². The first kappa shape index (κ1) is 21.1. The predicted molar refractivity (Wildman–Crippen MR) is 118 cm³/mol. The van der Waals surface area contributed by atoms with Gasteiger partial charge in [-0.25, -0.2) is 4.98 Å². The smallest absolute Gasteiger partial charge is 0.326 e. The Kier molecular flexibility index (Phi) is 4.93. The zero-order valence-electron chi connectivity index (χ0n) is 17.7. The minimum absolute atomic E-state index is 0.0181. The minimum Gasteiger partial charge on any atom is -0.454 e. The quantitative estimate of drug-likeness (QED) is 0.349.